The molecule has 0 radical (unpaired) electrons. The summed E-state index contributed by atoms with van der Waals surface area (Å²) in [6.07, 6.45) is 3.80. The molecule has 0 bridgehead atoms. The number of hydrogen-bond acceptors (Lipinski definition) is 7. The summed E-state index contributed by atoms with van der Waals surface area (Å²) in [5, 5.41) is 9.19. The van der Waals surface area contributed by atoms with Crippen molar-refractivity contribution in [1.29, 1.82) is 0 Å². The van der Waals surface area contributed by atoms with Gasteiger partial charge in [0, 0.05) is 41.1 Å². The quantitative estimate of drug-likeness (QED) is 0.622. The molecule has 0 saturated carbocycles. The third-order valence-electron chi connectivity index (χ3n) is 5.07. The second kappa shape index (κ2) is 9.32. The molecule has 3 aromatic heterocycles. The van der Waals surface area contributed by atoms with Crippen LogP contribution in [0, 0.1) is 13.8 Å². The van der Waals surface area contributed by atoms with Crippen molar-refractivity contribution < 1.29 is 4.79 Å². The van der Waals surface area contributed by atoms with Crippen LogP contribution in [0.5, 0.6) is 0 Å². The molecule has 0 unspecified atom stereocenters. The first-order valence-corrected chi connectivity index (χ1v) is 11.0. The van der Waals surface area contributed by atoms with Crippen LogP contribution in [0.4, 0.5) is 16.6 Å². The van der Waals surface area contributed by atoms with Crippen molar-refractivity contribution >= 4 is 33.9 Å². The number of rotatable bonds is 6. The number of hydrogen-bond donors (Lipinski definition) is 2. The number of pyridine rings is 2. The maximum Gasteiger partial charge on any atom is 0.239 e. The van der Waals surface area contributed by atoms with Crippen molar-refractivity contribution in [3.63, 3.8) is 0 Å². The van der Waals surface area contributed by atoms with Crippen LogP contribution in [0.3, 0.4) is 0 Å². The molecule has 1 amide bonds. The van der Waals surface area contributed by atoms with E-state index in [0.717, 1.165) is 53.8 Å². The van der Waals surface area contributed by atoms with Gasteiger partial charge in [0.2, 0.25) is 5.91 Å². The Morgan fingerprint density at radius 2 is 2.13 bits per heavy atom. The zero-order valence-electron chi connectivity index (χ0n) is 17.3. The van der Waals surface area contributed by atoms with Gasteiger partial charge in [0.1, 0.15) is 5.82 Å². The van der Waals surface area contributed by atoms with E-state index in [1.165, 1.54) is 0 Å². The lowest BCUT2D eigenvalue weighted by Crippen LogP contribution is -2.40. The highest BCUT2D eigenvalue weighted by molar-refractivity contribution is 7.13. The molecular weight excluding hydrogens is 396 g/mol. The normalized spacial score (nSPS) is 16.9. The van der Waals surface area contributed by atoms with E-state index in [9.17, 15) is 4.79 Å². The van der Waals surface area contributed by atoms with E-state index in [-0.39, 0.29) is 5.91 Å². The molecule has 0 spiro atoms. The number of carbonyl (C=O) groups excluding carboxylic acids is 1. The predicted octanol–water partition coefficient (Wildman–Crippen LogP) is 4.11. The summed E-state index contributed by atoms with van der Waals surface area (Å²) < 4.78 is 0. The van der Waals surface area contributed by atoms with Gasteiger partial charge in [0.15, 0.2) is 5.13 Å². The van der Waals surface area contributed by atoms with Crippen molar-refractivity contribution in [2.24, 2.45) is 0 Å². The summed E-state index contributed by atoms with van der Waals surface area (Å²) >= 11 is 1.60. The zero-order valence-corrected chi connectivity index (χ0v) is 18.1. The zero-order chi connectivity index (χ0) is 20.9. The molecule has 1 fully saturated rings. The Balaban J connectivity index is 1.40. The average molecular weight is 423 g/mol. The van der Waals surface area contributed by atoms with Gasteiger partial charge >= 0.3 is 0 Å². The minimum Gasteiger partial charge on any atom is -0.331 e. The van der Waals surface area contributed by atoms with E-state index in [1.807, 2.05) is 37.4 Å². The summed E-state index contributed by atoms with van der Waals surface area (Å²) in [4.78, 5) is 28.1. The second-order valence-electron chi connectivity index (χ2n) is 7.68. The molecule has 1 aliphatic rings. The van der Waals surface area contributed by atoms with Crippen LogP contribution in [0.25, 0.3) is 0 Å². The van der Waals surface area contributed by atoms with Crippen molar-refractivity contribution in [1.82, 2.24) is 19.9 Å². The largest absolute Gasteiger partial charge is 0.331 e. The smallest absolute Gasteiger partial charge is 0.239 e. The summed E-state index contributed by atoms with van der Waals surface area (Å²) in [6, 6.07) is 9.65. The third-order valence-corrected chi connectivity index (χ3v) is 5.94. The second-order valence-corrected chi connectivity index (χ2v) is 8.54. The highest BCUT2D eigenvalue weighted by Crippen LogP contribution is 2.29. The van der Waals surface area contributed by atoms with E-state index in [0.29, 0.717) is 18.3 Å². The van der Waals surface area contributed by atoms with Gasteiger partial charge in [0.25, 0.3) is 0 Å². The van der Waals surface area contributed by atoms with Crippen LogP contribution in [0.15, 0.2) is 41.9 Å². The Labute approximate surface area is 180 Å². The average Bonchev–Trinajstić information content (AvgIpc) is 3.13. The number of piperidine rings is 1. The Kier molecular flexibility index (Phi) is 6.35. The topological polar surface area (TPSA) is 83.0 Å². The molecule has 2 N–H and O–H groups in total. The van der Waals surface area contributed by atoms with Gasteiger partial charge in [-0.05, 0) is 57.5 Å². The molecule has 7 nitrogen and oxygen atoms in total. The molecule has 1 aliphatic heterocycles. The molecular formula is C22H26N6OS. The highest BCUT2D eigenvalue weighted by atomic mass is 32.1. The van der Waals surface area contributed by atoms with Gasteiger partial charge in [-0.15, -0.1) is 11.3 Å². The number of carbonyl (C=O) groups is 1. The summed E-state index contributed by atoms with van der Waals surface area (Å²) in [6.45, 7) is 6.11. The van der Waals surface area contributed by atoms with Crippen LogP contribution >= 0.6 is 11.3 Å². The standard InChI is InChI=1S/C22H26N6OS/c1-15-10-18(26-22-25-16(2)14-30-22)11-19(24-15)17-6-5-9-28(12-17)13-21(29)27-20-7-3-4-8-23-20/h3-4,7-8,10-11,14,17H,5-6,9,12-13H2,1-2H3,(H,23,27,29)(H,24,25,26)/t17-/m1/s1. The Morgan fingerprint density at radius 1 is 1.23 bits per heavy atom. The first-order valence-electron chi connectivity index (χ1n) is 10.2. The first-order chi connectivity index (χ1) is 14.5. The van der Waals surface area contributed by atoms with Gasteiger partial charge in [-0.2, -0.15) is 0 Å². The lowest BCUT2D eigenvalue weighted by Gasteiger charge is -2.32. The first kappa shape index (κ1) is 20.4. The van der Waals surface area contributed by atoms with E-state index in [2.05, 4.69) is 31.6 Å². The molecule has 0 aliphatic carbocycles. The number of nitrogens with one attached hydrogen (secondary N) is 2. The van der Waals surface area contributed by atoms with Crippen molar-refractivity contribution in [3.05, 3.63) is 59.0 Å². The minimum atomic E-state index is -0.0342. The lowest BCUT2D eigenvalue weighted by molar-refractivity contribution is -0.117. The van der Waals surface area contributed by atoms with Crippen molar-refractivity contribution in [2.75, 3.05) is 30.3 Å². The SMILES string of the molecule is Cc1cc(Nc2nc(C)cs2)cc([C@@H]2CCCN(CC(=O)Nc3ccccn3)C2)n1. The third kappa shape index (κ3) is 5.40. The molecule has 0 aromatic carbocycles. The van der Waals surface area contributed by atoms with Crippen LogP contribution < -0.4 is 10.6 Å². The molecule has 3 aromatic rings. The van der Waals surface area contributed by atoms with Gasteiger partial charge in [-0.3, -0.25) is 14.7 Å². The van der Waals surface area contributed by atoms with Gasteiger partial charge in [-0.25, -0.2) is 9.97 Å². The van der Waals surface area contributed by atoms with Crippen LogP contribution in [0.2, 0.25) is 0 Å². The molecule has 30 heavy (non-hydrogen) atoms. The highest BCUT2D eigenvalue weighted by Gasteiger charge is 2.24. The fourth-order valence-corrected chi connectivity index (χ4v) is 4.48. The maximum atomic E-state index is 12.4. The van der Waals surface area contributed by atoms with Crippen molar-refractivity contribution in [3.8, 4) is 0 Å². The number of thiazole rings is 1. The molecule has 4 rings (SSSR count). The Hall–Kier alpha value is -2.84. The van der Waals surface area contributed by atoms with Gasteiger partial charge < -0.3 is 10.6 Å². The number of amides is 1. The minimum absolute atomic E-state index is 0.0342. The summed E-state index contributed by atoms with van der Waals surface area (Å²) in [5.74, 6) is 0.859. The fourth-order valence-electron chi connectivity index (χ4n) is 3.77. The summed E-state index contributed by atoms with van der Waals surface area (Å²) in [7, 11) is 0. The maximum absolute atomic E-state index is 12.4. The number of aromatic nitrogens is 3. The van der Waals surface area contributed by atoms with Crippen molar-refractivity contribution in [2.45, 2.75) is 32.6 Å². The van der Waals surface area contributed by atoms with Gasteiger partial charge in [0.05, 0.1) is 12.2 Å². The van der Waals surface area contributed by atoms with Gasteiger partial charge in [-0.1, -0.05) is 6.07 Å². The van der Waals surface area contributed by atoms with E-state index in [4.69, 9.17) is 4.98 Å². The number of likely N-dealkylation sites (tertiary alicyclic amines) is 1. The molecule has 1 atom stereocenters. The monoisotopic (exact) mass is 422 g/mol. The molecule has 8 heteroatoms. The number of anilines is 3. The van der Waals surface area contributed by atoms with Crippen LogP contribution in [0.1, 0.15) is 35.8 Å². The number of nitrogens with zero attached hydrogens (tertiary/aromatic N) is 4. The van der Waals surface area contributed by atoms with Crippen LogP contribution in [-0.2, 0) is 4.79 Å². The fraction of sp³-hybridized carbons (Fsp3) is 0.364. The van der Waals surface area contributed by atoms with E-state index >= 15 is 0 Å². The van der Waals surface area contributed by atoms with E-state index in [1.54, 1.807) is 23.6 Å². The van der Waals surface area contributed by atoms with Crippen LogP contribution in [-0.4, -0.2) is 45.4 Å². The molecule has 1 saturated heterocycles. The predicted molar refractivity (Wildman–Crippen MR) is 120 cm³/mol. The Bertz CT molecular complexity index is 1010. The number of aryl methyl sites for hydroxylation is 2. The lowest BCUT2D eigenvalue weighted by atomic mass is 9.93. The summed E-state index contributed by atoms with van der Waals surface area (Å²) in [5.41, 5.74) is 4.08. The van der Waals surface area contributed by atoms with E-state index < -0.39 is 0 Å². The Morgan fingerprint density at radius 3 is 2.90 bits per heavy atom. The molecule has 156 valence electrons. The molecule has 4 heterocycles.